The van der Waals surface area contributed by atoms with Gasteiger partial charge >= 0.3 is 0 Å². The predicted molar refractivity (Wildman–Crippen MR) is 102 cm³/mol. The summed E-state index contributed by atoms with van der Waals surface area (Å²) in [5.41, 5.74) is 4.18. The van der Waals surface area contributed by atoms with E-state index >= 15 is 0 Å². The first-order chi connectivity index (χ1) is 12.7. The summed E-state index contributed by atoms with van der Waals surface area (Å²) in [5, 5.41) is 4.18. The Morgan fingerprint density at radius 2 is 2.00 bits per heavy atom. The van der Waals surface area contributed by atoms with Crippen LogP contribution in [0.5, 0.6) is 0 Å². The number of aromatic nitrogens is 3. The highest BCUT2D eigenvalue weighted by Gasteiger charge is 2.12. The number of nitrogens with one attached hydrogen (secondary N) is 2. The second-order valence-electron chi connectivity index (χ2n) is 6.39. The van der Waals surface area contributed by atoms with Crippen LogP contribution < -0.4 is 5.32 Å². The zero-order chi connectivity index (χ0) is 17.9. The summed E-state index contributed by atoms with van der Waals surface area (Å²) in [6.45, 7) is 2.00. The van der Waals surface area contributed by atoms with Gasteiger partial charge in [-0.15, -0.1) is 0 Å². The van der Waals surface area contributed by atoms with Crippen molar-refractivity contribution >= 4 is 16.8 Å². The topological polar surface area (TPSA) is 62.7 Å². The molecule has 0 unspecified atom stereocenters. The zero-order valence-corrected chi connectivity index (χ0v) is 14.5. The van der Waals surface area contributed by atoms with Crippen LogP contribution in [-0.4, -0.2) is 20.4 Å². The summed E-state index contributed by atoms with van der Waals surface area (Å²) >= 11 is 0. The van der Waals surface area contributed by atoms with Gasteiger partial charge in [-0.05, 0) is 36.2 Å². The second kappa shape index (κ2) is 6.88. The molecule has 2 heterocycles. The first-order valence-electron chi connectivity index (χ1n) is 8.63. The molecule has 4 aromatic rings. The van der Waals surface area contributed by atoms with E-state index in [9.17, 15) is 4.79 Å². The van der Waals surface area contributed by atoms with E-state index in [-0.39, 0.29) is 11.9 Å². The molecule has 26 heavy (non-hydrogen) atoms. The molecule has 0 spiro atoms. The number of imidazole rings is 1. The minimum atomic E-state index is -0.0513. The first-order valence-corrected chi connectivity index (χ1v) is 8.63. The van der Waals surface area contributed by atoms with E-state index in [0.29, 0.717) is 6.42 Å². The Hall–Kier alpha value is -3.34. The van der Waals surface area contributed by atoms with Gasteiger partial charge in [-0.2, -0.15) is 0 Å². The van der Waals surface area contributed by atoms with E-state index in [1.165, 1.54) is 0 Å². The number of hydrogen-bond donors (Lipinski definition) is 2. The third-order valence-electron chi connectivity index (χ3n) is 4.60. The van der Waals surface area contributed by atoms with E-state index in [2.05, 4.69) is 15.3 Å². The lowest BCUT2D eigenvalue weighted by molar-refractivity contribution is -0.121. The molecule has 0 bridgehead atoms. The molecule has 0 saturated carbocycles. The number of H-pyrrole nitrogens is 1. The van der Waals surface area contributed by atoms with E-state index in [1.807, 2.05) is 72.4 Å². The summed E-state index contributed by atoms with van der Waals surface area (Å²) in [4.78, 5) is 19.7. The number of para-hydroxylation sites is 1. The van der Waals surface area contributed by atoms with Gasteiger partial charge < -0.3 is 14.9 Å². The fourth-order valence-corrected chi connectivity index (χ4v) is 3.17. The van der Waals surface area contributed by atoms with Crippen LogP contribution in [0.4, 0.5) is 0 Å². The summed E-state index contributed by atoms with van der Waals surface area (Å²) < 4.78 is 1.95. The van der Waals surface area contributed by atoms with Crippen LogP contribution in [0.3, 0.4) is 0 Å². The molecular formula is C21H20N4O. The third kappa shape index (κ3) is 3.24. The molecule has 4 rings (SSSR count). The number of hydrogen-bond acceptors (Lipinski definition) is 2. The Bertz CT molecular complexity index is 1020. The normalized spacial score (nSPS) is 12.2. The van der Waals surface area contributed by atoms with Crippen molar-refractivity contribution in [3.63, 3.8) is 0 Å². The highest BCUT2D eigenvalue weighted by Crippen LogP contribution is 2.19. The number of carbonyl (C=O) groups is 1. The van der Waals surface area contributed by atoms with Crippen LogP contribution in [0.15, 0.2) is 73.4 Å². The highest BCUT2D eigenvalue weighted by molar-refractivity contribution is 5.88. The molecule has 0 fully saturated rings. The van der Waals surface area contributed by atoms with E-state index < -0.39 is 0 Å². The summed E-state index contributed by atoms with van der Waals surface area (Å²) in [6.07, 6.45) is 7.70. The molecule has 1 atom stereocenters. The average molecular weight is 344 g/mol. The molecule has 2 aromatic carbocycles. The first kappa shape index (κ1) is 16.1. The highest BCUT2D eigenvalue weighted by atomic mass is 16.1. The molecule has 2 aromatic heterocycles. The van der Waals surface area contributed by atoms with Crippen molar-refractivity contribution in [1.29, 1.82) is 0 Å². The molecule has 5 heteroatoms. The number of carbonyl (C=O) groups excluding carboxylic acids is 1. The van der Waals surface area contributed by atoms with E-state index in [4.69, 9.17) is 0 Å². The number of aromatic amines is 1. The second-order valence-corrected chi connectivity index (χ2v) is 6.39. The van der Waals surface area contributed by atoms with Gasteiger partial charge in [-0.1, -0.05) is 30.3 Å². The molecule has 0 radical (unpaired) electrons. The fraction of sp³-hybridized carbons (Fsp3) is 0.143. The van der Waals surface area contributed by atoms with Gasteiger partial charge in [-0.3, -0.25) is 4.79 Å². The monoisotopic (exact) mass is 344 g/mol. The van der Waals surface area contributed by atoms with Gasteiger partial charge in [0.25, 0.3) is 0 Å². The van der Waals surface area contributed by atoms with Crippen molar-refractivity contribution in [2.75, 3.05) is 0 Å². The van der Waals surface area contributed by atoms with Crippen molar-refractivity contribution in [1.82, 2.24) is 19.9 Å². The van der Waals surface area contributed by atoms with Crippen molar-refractivity contribution in [2.24, 2.45) is 0 Å². The maximum Gasteiger partial charge on any atom is 0.224 e. The van der Waals surface area contributed by atoms with Crippen molar-refractivity contribution in [3.05, 3.63) is 84.6 Å². The molecule has 5 nitrogen and oxygen atoms in total. The molecule has 2 N–H and O–H groups in total. The Morgan fingerprint density at radius 1 is 1.19 bits per heavy atom. The molecule has 130 valence electrons. The maximum absolute atomic E-state index is 12.5. The Balaban J connectivity index is 1.42. The van der Waals surface area contributed by atoms with Crippen LogP contribution >= 0.6 is 0 Å². The number of fused-ring (bicyclic) bond motifs is 1. The minimum absolute atomic E-state index is 0.0148. The maximum atomic E-state index is 12.5. The summed E-state index contributed by atoms with van der Waals surface area (Å²) in [5.74, 6) is 0.0148. The standard InChI is InChI=1S/C21H20N4O/c1-15(16-6-8-18(9-7-16)25-11-10-22-14-25)24-21(26)12-17-13-23-20-5-3-2-4-19(17)20/h2-11,13-15,23H,12H2,1H3,(H,24,26)/t15-/m1/s1. The number of benzene rings is 2. The number of amides is 1. The van der Waals surface area contributed by atoms with E-state index in [0.717, 1.165) is 27.7 Å². The van der Waals surface area contributed by atoms with Gasteiger partial charge in [0.05, 0.1) is 18.8 Å². The summed E-state index contributed by atoms with van der Waals surface area (Å²) in [7, 11) is 0. The van der Waals surface area contributed by atoms with Crippen molar-refractivity contribution in [3.8, 4) is 5.69 Å². The van der Waals surface area contributed by atoms with Crippen LogP contribution in [0.1, 0.15) is 24.1 Å². The molecule has 1 amide bonds. The van der Waals surface area contributed by atoms with Crippen LogP contribution in [0.25, 0.3) is 16.6 Å². The van der Waals surface area contributed by atoms with Gasteiger partial charge in [0.1, 0.15) is 0 Å². The summed E-state index contributed by atoms with van der Waals surface area (Å²) in [6, 6.07) is 16.1. The lowest BCUT2D eigenvalue weighted by atomic mass is 10.1. The lowest BCUT2D eigenvalue weighted by Crippen LogP contribution is -2.28. The largest absolute Gasteiger partial charge is 0.361 e. The molecule has 0 aliphatic rings. The third-order valence-corrected chi connectivity index (χ3v) is 4.60. The number of nitrogens with zero attached hydrogens (tertiary/aromatic N) is 2. The average Bonchev–Trinajstić information content (AvgIpc) is 3.32. The quantitative estimate of drug-likeness (QED) is 0.579. The van der Waals surface area contributed by atoms with Crippen molar-refractivity contribution < 1.29 is 4.79 Å². The minimum Gasteiger partial charge on any atom is -0.361 e. The van der Waals surface area contributed by atoms with Gasteiger partial charge in [0.2, 0.25) is 5.91 Å². The number of rotatable bonds is 5. The molecule has 0 saturated heterocycles. The Labute approximate surface area is 151 Å². The van der Waals surface area contributed by atoms with Crippen LogP contribution in [0.2, 0.25) is 0 Å². The Morgan fingerprint density at radius 3 is 2.77 bits per heavy atom. The molecular weight excluding hydrogens is 324 g/mol. The predicted octanol–water partition coefficient (Wildman–Crippen LogP) is 3.77. The molecule has 0 aliphatic carbocycles. The fourth-order valence-electron chi connectivity index (χ4n) is 3.17. The van der Waals surface area contributed by atoms with Crippen molar-refractivity contribution in [2.45, 2.75) is 19.4 Å². The lowest BCUT2D eigenvalue weighted by Gasteiger charge is -2.15. The SMILES string of the molecule is C[C@@H](NC(=O)Cc1c[nH]c2ccccc12)c1ccc(-n2ccnc2)cc1. The smallest absolute Gasteiger partial charge is 0.224 e. The van der Waals surface area contributed by atoms with Crippen LogP contribution in [0, 0.1) is 0 Å². The zero-order valence-electron chi connectivity index (χ0n) is 14.5. The Kier molecular flexibility index (Phi) is 4.27. The van der Waals surface area contributed by atoms with Gasteiger partial charge in [0, 0.05) is 35.2 Å². The van der Waals surface area contributed by atoms with Gasteiger partial charge in [0.15, 0.2) is 0 Å². The molecule has 0 aliphatic heterocycles. The van der Waals surface area contributed by atoms with Gasteiger partial charge in [-0.25, -0.2) is 4.98 Å². The van der Waals surface area contributed by atoms with Crippen LogP contribution in [-0.2, 0) is 11.2 Å². The van der Waals surface area contributed by atoms with E-state index in [1.54, 1.807) is 12.5 Å².